The summed E-state index contributed by atoms with van der Waals surface area (Å²) in [4.78, 5) is 26.0. The lowest BCUT2D eigenvalue weighted by molar-refractivity contribution is -0.123. The van der Waals surface area contributed by atoms with E-state index in [1.807, 2.05) is 39.1 Å². The highest BCUT2D eigenvalue weighted by Gasteiger charge is 2.21. The fourth-order valence-corrected chi connectivity index (χ4v) is 2.23. The van der Waals surface area contributed by atoms with Crippen molar-refractivity contribution >= 4 is 23.1 Å². The van der Waals surface area contributed by atoms with Crippen molar-refractivity contribution in [3.05, 3.63) is 35.5 Å². The Kier molecular flexibility index (Phi) is 4.14. The number of amides is 1. The van der Waals surface area contributed by atoms with Crippen molar-refractivity contribution in [3.8, 4) is 0 Å². The summed E-state index contributed by atoms with van der Waals surface area (Å²) in [7, 11) is 0. The summed E-state index contributed by atoms with van der Waals surface area (Å²) in [5.41, 5.74) is 8.15. The number of nitrogens with one attached hydrogen (secondary N) is 2. The zero-order valence-electron chi connectivity index (χ0n) is 12.6. The molecule has 0 saturated carbocycles. The molecule has 0 saturated heterocycles. The molecule has 1 heterocycles. The van der Waals surface area contributed by atoms with Crippen molar-refractivity contribution in [2.75, 3.05) is 0 Å². The first-order chi connectivity index (χ1) is 9.80. The van der Waals surface area contributed by atoms with Crippen LogP contribution in [0.2, 0.25) is 0 Å². The van der Waals surface area contributed by atoms with E-state index >= 15 is 0 Å². The number of fused-ring (bicyclic) bond motifs is 1. The Morgan fingerprint density at radius 3 is 2.76 bits per heavy atom. The topological polar surface area (TPSA) is 88.0 Å². The first kappa shape index (κ1) is 15.3. The van der Waals surface area contributed by atoms with Crippen molar-refractivity contribution in [1.82, 2.24) is 10.3 Å². The number of aromatic nitrogens is 1. The maximum absolute atomic E-state index is 12.0. The van der Waals surface area contributed by atoms with Crippen LogP contribution in [0.25, 0.3) is 10.9 Å². The molecule has 1 aromatic carbocycles. The molecule has 21 heavy (non-hydrogen) atoms. The van der Waals surface area contributed by atoms with E-state index in [4.69, 9.17) is 5.73 Å². The van der Waals surface area contributed by atoms with Gasteiger partial charge in [-0.05, 0) is 51.0 Å². The largest absolute Gasteiger partial charge is 0.361 e. The molecule has 0 aliphatic carbocycles. The summed E-state index contributed by atoms with van der Waals surface area (Å²) in [6.07, 6.45) is 3.07. The summed E-state index contributed by atoms with van der Waals surface area (Å²) >= 11 is 0. The van der Waals surface area contributed by atoms with Crippen LogP contribution < -0.4 is 11.1 Å². The SMILES string of the molecule is CC(C)(C)NC(=O)C(N)Cc1c[nH]c2ccc(C=O)cc12. The number of carbonyl (C=O) groups is 2. The maximum Gasteiger partial charge on any atom is 0.237 e. The Hall–Kier alpha value is -2.14. The van der Waals surface area contributed by atoms with Gasteiger partial charge in [-0.25, -0.2) is 0 Å². The van der Waals surface area contributed by atoms with Gasteiger partial charge < -0.3 is 16.0 Å². The summed E-state index contributed by atoms with van der Waals surface area (Å²) in [6, 6.07) is 4.79. The lowest BCUT2D eigenvalue weighted by Crippen LogP contribution is -2.49. The van der Waals surface area contributed by atoms with Crippen LogP contribution in [0.1, 0.15) is 36.7 Å². The highest BCUT2D eigenvalue weighted by molar-refractivity contribution is 5.90. The number of benzene rings is 1. The third kappa shape index (κ3) is 3.70. The van der Waals surface area contributed by atoms with Crippen LogP contribution in [-0.2, 0) is 11.2 Å². The van der Waals surface area contributed by atoms with Gasteiger partial charge in [0.2, 0.25) is 5.91 Å². The van der Waals surface area contributed by atoms with Gasteiger partial charge in [0.25, 0.3) is 0 Å². The first-order valence-electron chi connectivity index (χ1n) is 6.93. The lowest BCUT2D eigenvalue weighted by Gasteiger charge is -2.23. The summed E-state index contributed by atoms with van der Waals surface area (Å²) in [5.74, 6) is -0.177. The van der Waals surface area contributed by atoms with Crippen LogP contribution in [0, 0.1) is 0 Å². The van der Waals surface area contributed by atoms with Crippen molar-refractivity contribution in [2.45, 2.75) is 38.8 Å². The summed E-state index contributed by atoms with van der Waals surface area (Å²) < 4.78 is 0. The van der Waals surface area contributed by atoms with Crippen molar-refractivity contribution in [1.29, 1.82) is 0 Å². The molecule has 2 rings (SSSR count). The Bertz CT molecular complexity index is 668. The fraction of sp³-hybridized carbons (Fsp3) is 0.375. The Labute approximate surface area is 123 Å². The minimum Gasteiger partial charge on any atom is -0.361 e. The normalized spacial score (nSPS) is 13.1. The van der Waals surface area contributed by atoms with E-state index in [0.717, 1.165) is 22.8 Å². The van der Waals surface area contributed by atoms with Gasteiger partial charge in [0.05, 0.1) is 6.04 Å². The van der Waals surface area contributed by atoms with E-state index in [2.05, 4.69) is 10.3 Å². The number of hydrogen-bond donors (Lipinski definition) is 3. The molecule has 5 nitrogen and oxygen atoms in total. The van der Waals surface area contributed by atoms with Gasteiger partial charge in [-0.1, -0.05) is 0 Å². The van der Waals surface area contributed by atoms with Gasteiger partial charge >= 0.3 is 0 Å². The molecule has 0 spiro atoms. The second kappa shape index (κ2) is 5.69. The molecule has 5 heteroatoms. The number of carbonyl (C=O) groups excluding carboxylic acids is 2. The Morgan fingerprint density at radius 1 is 1.43 bits per heavy atom. The Balaban J connectivity index is 2.19. The van der Waals surface area contributed by atoms with Gasteiger partial charge in [0.15, 0.2) is 0 Å². The zero-order chi connectivity index (χ0) is 15.6. The molecular formula is C16H21N3O2. The monoisotopic (exact) mass is 287 g/mol. The number of hydrogen-bond acceptors (Lipinski definition) is 3. The molecule has 0 radical (unpaired) electrons. The molecule has 1 aromatic heterocycles. The molecule has 1 atom stereocenters. The molecule has 0 fully saturated rings. The molecule has 1 amide bonds. The third-order valence-electron chi connectivity index (χ3n) is 3.20. The molecular weight excluding hydrogens is 266 g/mol. The van der Waals surface area contributed by atoms with Crippen LogP contribution in [0.5, 0.6) is 0 Å². The van der Waals surface area contributed by atoms with Crippen molar-refractivity contribution in [2.24, 2.45) is 5.73 Å². The quantitative estimate of drug-likeness (QED) is 0.749. The molecule has 112 valence electrons. The predicted molar refractivity (Wildman–Crippen MR) is 83.3 cm³/mol. The average molecular weight is 287 g/mol. The van der Waals surface area contributed by atoms with Gasteiger partial charge in [0, 0.05) is 28.2 Å². The average Bonchev–Trinajstić information content (AvgIpc) is 2.79. The van der Waals surface area contributed by atoms with Crippen molar-refractivity contribution < 1.29 is 9.59 Å². The van der Waals surface area contributed by atoms with E-state index < -0.39 is 6.04 Å². The third-order valence-corrected chi connectivity index (χ3v) is 3.20. The Morgan fingerprint density at radius 2 is 2.14 bits per heavy atom. The van der Waals surface area contributed by atoms with Crippen LogP contribution in [0.4, 0.5) is 0 Å². The summed E-state index contributed by atoms with van der Waals surface area (Å²) in [5, 5.41) is 3.80. The molecule has 0 aliphatic rings. The van der Waals surface area contributed by atoms with Gasteiger partial charge in [-0.3, -0.25) is 9.59 Å². The standard InChI is InChI=1S/C16H21N3O2/c1-16(2,3)19-15(21)13(17)7-11-8-18-14-5-4-10(9-20)6-12(11)14/h4-6,8-9,13,18H,7,17H2,1-3H3,(H,19,21). The lowest BCUT2D eigenvalue weighted by atomic mass is 10.0. The van der Waals surface area contributed by atoms with E-state index in [9.17, 15) is 9.59 Å². The number of nitrogens with two attached hydrogens (primary N) is 1. The minimum atomic E-state index is -0.622. The van der Waals surface area contributed by atoms with E-state index in [-0.39, 0.29) is 11.4 Å². The van der Waals surface area contributed by atoms with Crippen molar-refractivity contribution in [3.63, 3.8) is 0 Å². The minimum absolute atomic E-state index is 0.177. The number of aldehydes is 1. The highest BCUT2D eigenvalue weighted by atomic mass is 16.2. The zero-order valence-corrected chi connectivity index (χ0v) is 12.6. The van der Waals surface area contributed by atoms with Crippen LogP contribution in [0.15, 0.2) is 24.4 Å². The van der Waals surface area contributed by atoms with Gasteiger partial charge in [-0.15, -0.1) is 0 Å². The molecule has 2 aromatic rings. The molecule has 1 unspecified atom stereocenters. The number of aromatic amines is 1. The van der Waals surface area contributed by atoms with Crippen LogP contribution >= 0.6 is 0 Å². The van der Waals surface area contributed by atoms with E-state index in [1.54, 1.807) is 6.07 Å². The highest BCUT2D eigenvalue weighted by Crippen LogP contribution is 2.20. The molecule has 4 N–H and O–H groups in total. The maximum atomic E-state index is 12.0. The second-order valence-electron chi connectivity index (χ2n) is 6.29. The van der Waals surface area contributed by atoms with Crippen LogP contribution in [0.3, 0.4) is 0 Å². The number of rotatable bonds is 4. The van der Waals surface area contributed by atoms with E-state index in [0.29, 0.717) is 12.0 Å². The second-order valence-corrected chi connectivity index (χ2v) is 6.29. The van der Waals surface area contributed by atoms with Gasteiger partial charge in [0.1, 0.15) is 6.29 Å². The molecule has 0 bridgehead atoms. The summed E-state index contributed by atoms with van der Waals surface area (Å²) in [6.45, 7) is 5.75. The van der Waals surface area contributed by atoms with Crippen LogP contribution in [-0.4, -0.2) is 28.8 Å². The smallest absolute Gasteiger partial charge is 0.237 e. The van der Waals surface area contributed by atoms with Gasteiger partial charge in [-0.2, -0.15) is 0 Å². The molecule has 0 aliphatic heterocycles. The van der Waals surface area contributed by atoms with E-state index in [1.165, 1.54) is 0 Å². The fourth-order valence-electron chi connectivity index (χ4n) is 2.23. The predicted octanol–water partition coefficient (Wildman–Crippen LogP) is 1.76. The first-order valence-corrected chi connectivity index (χ1v) is 6.93. The number of H-pyrrole nitrogens is 1.